The van der Waals surface area contributed by atoms with Crippen molar-refractivity contribution in [3.05, 3.63) is 35.2 Å². The Morgan fingerprint density at radius 3 is 2.32 bits per heavy atom. The van der Waals surface area contributed by atoms with Crippen LogP contribution in [-0.2, 0) is 14.3 Å². The van der Waals surface area contributed by atoms with Crippen LogP contribution < -0.4 is 10.1 Å². The SMILES string of the molecule is COc1ccc(-c2csc(NC(=O)[C@@H]3CCCC[C@H]3C(=O)O)c2C(=O)OC(C)C)cc1. The highest BCUT2D eigenvalue weighted by Crippen LogP contribution is 2.38. The highest BCUT2D eigenvalue weighted by atomic mass is 32.1. The molecule has 0 spiro atoms. The Balaban J connectivity index is 1.93. The van der Waals surface area contributed by atoms with Crippen molar-refractivity contribution in [3.63, 3.8) is 0 Å². The number of thiophene rings is 1. The van der Waals surface area contributed by atoms with E-state index in [0.717, 1.165) is 18.4 Å². The van der Waals surface area contributed by atoms with E-state index in [9.17, 15) is 19.5 Å². The van der Waals surface area contributed by atoms with Crippen LogP contribution in [-0.4, -0.2) is 36.2 Å². The molecule has 2 atom stereocenters. The first-order chi connectivity index (χ1) is 14.8. The molecule has 0 bridgehead atoms. The first-order valence-corrected chi connectivity index (χ1v) is 11.2. The number of carbonyl (C=O) groups is 3. The minimum absolute atomic E-state index is 0.278. The second-order valence-electron chi connectivity index (χ2n) is 7.86. The molecule has 3 rings (SSSR count). The molecule has 0 saturated heterocycles. The van der Waals surface area contributed by atoms with E-state index in [1.165, 1.54) is 11.3 Å². The molecule has 7 nitrogen and oxygen atoms in total. The van der Waals surface area contributed by atoms with Crippen molar-refractivity contribution in [1.82, 2.24) is 0 Å². The van der Waals surface area contributed by atoms with Gasteiger partial charge in [0.25, 0.3) is 0 Å². The third-order valence-corrected chi connectivity index (χ3v) is 6.29. The van der Waals surface area contributed by atoms with Crippen molar-refractivity contribution in [3.8, 4) is 16.9 Å². The van der Waals surface area contributed by atoms with Crippen LogP contribution in [0.1, 0.15) is 49.9 Å². The zero-order valence-electron chi connectivity index (χ0n) is 17.8. The molecule has 1 aromatic carbocycles. The highest BCUT2D eigenvalue weighted by Gasteiger charge is 2.36. The minimum Gasteiger partial charge on any atom is -0.497 e. The molecule has 8 heteroatoms. The van der Waals surface area contributed by atoms with Gasteiger partial charge in [0.2, 0.25) is 5.91 Å². The summed E-state index contributed by atoms with van der Waals surface area (Å²) in [6, 6.07) is 7.26. The number of benzene rings is 1. The lowest BCUT2D eigenvalue weighted by Gasteiger charge is -2.27. The number of carboxylic acids is 1. The molecule has 2 N–H and O–H groups in total. The summed E-state index contributed by atoms with van der Waals surface area (Å²) in [7, 11) is 1.58. The first-order valence-electron chi connectivity index (χ1n) is 10.3. The largest absolute Gasteiger partial charge is 0.497 e. The Morgan fingerprint density at radius 1 is 1.10 bits per heavy atom. The predicted molar refractivity (Wildman–Crippen MR) is 119 cm³/mol. The van der Waals surface area contributed by atoms with Gasteiger partial charge < -0.3 is 19.9 Å². The smallest absolute Gasteiger partial charge is 0.342 e. The average molecular weight is 446 g/mol. The van der Waals surface area contributed by atoms with Crippen LogP contribution >= 0.6 is 11.3 Å². The summed E-state index contributed by atoms with van der Waals surface area (Å²) in [6.45, 7) is 3.52. The minimum atomic E-state index is -0.954. The fourth-order valence-corrected chi connectivity index (χ4v) is 4.81. The van der Waals surface area contributed by atoms with E-state index in [1.807, 2.05) is 12.1 Å². The lowest BCUT2D eigenvalue weighted by Crippen LogP contribution is -2.36. The van der Waals surface area contributed by atoms with Crippen molar-refractivity contribution in [2.24, 2.45) is 11.8 Å². The Bertz CT molecular complexity index is 949. The number of esters is 1. The van der Waals surface area contributed by atoms with E-state index < -0.39 is 23.8 Å². The number of carboxylic acid groups (broad SMARTS) is 1. The number of aliphatic carboxylic acids is 1. The molecule has 2 aromatic rings. The van der Waals surface area contributed by atoms with Crippen LogP contribution in [0.4, 0.5) is 5.00 Å². The summed E-state index contributed by atoms with van der Waals surface area (Å²) in [4.78, 5) is 37.5. The molecule has 166 valence electrons. The fourth-order valence-electron chi connectivity index (χ4n) is 3.85. The van der Waals surface area contributed by atoms with E-state index in [0.29, 0.717) is 29.2 Å². The standard InChI is InChI=1S/C23H27NO6S/c1-13(2)30-23(28)19-18(14-8-10-15(29-3)11-9-14)12-31-21(19)24-20(25)16-6-4-5-7-17(16)22(26)27/h8-13,16-17H,4-7H2,1-3H3,(H,24,25)(H,26,27)/t16-,17-/m1/s1. The van der Waals surface area contributed by atoms with E-state index in [1.54, 1.807) is 38.5 Å². The molecule has 0 radical (unpaired) electrons. The first kappa shape index (κ1) is 22.8. The van der Waals surface area contributed by atoms with Gasteiger partial charge in [-0.2, -0.15) is 0 Å². The number of rotatable bonds is 7. The van der Waals surface area contributed by atoms with Gasteiger partial charge in [0.1, 0.15) is 16.3 Å². The maximum Gasteiger partial charge on any atom is 0.342 e. The van der Waals surface area contributed by atoms with Gasteiger partial charge in [0.15, 0.2) is 0 Å². The Morgan fingerprint density at radius 2 is 1.74 bits per heavy atom. The normalized spacial score (nSPS) is 18.5. The van der Waals surface area contributed by atoms with Crippen LogP contribution in [0.5, 0.6) is 5.75 Å². The van der Waals surface area contributed by atoms with Crippen LogP contribution in [0, 0.1) is 11.8 Å². The summed E-state index contributed by atoms with van der Waals surface area (Å²) < 4.78 is 10.6. The number of methoxy groups -OCH3 is 1. The van der Waals surface area contributed by atoms with Crippen molar-refractivity contribution in [1.29, 1.82) is 0 Å². The van der Waals surface area contributed by atoms with Gasteiger partial charge >= 0.3 is 11.9 Å². The fraction of sp³-hybridized carbons (Fsp3) is 0.435. The van der Waals surface area contributed by atoms with Gasteiger partial charge in [0, 0.05) is 10.9 Å². The van der Waals surface area contributed by atoms with E-state index >= 15 is 0 Å². The average Bonchev–Trinajstić information content (AvgIpc) is 3.16. The summed E-state index contributed by atoms with van der Waals surface area (Å²) in [5.74, 6) is -2.49. The number of ether oxygens (including phenoxy) is 2. The van der Waals surface area contributed by atoms with Gasteiger partial charge in [-0.05, 0) is 44.4 Å². The molecular weight excluding hydrogens is 418 g/mol. The zero-order chi connectivity index (χ0) is 22.5. The second-order valence-corrected chi connectivity index (χ2v) is 8.74. The van der Waals surface area contributed by atoms with Crippen molar-refractivity contribution in [2.75, 3.05) is 12.4 Å². The number of hydrogen-bond donors (Lipinski definition) is 2. The Hall–Kier alpha value is -2.87. The number of anilines is 1. The van der Waals surface area contributed by atoms with Gasteiger partial charge in [-0.3, -0.25) is 9.59 Å². The number of nitrogens with one attached hydrogen (secondary N) is 1. The maximum absolute atomic E-state index is 13.0. The molecule has 1 aromatic heterocycles. The molecule has 0 aliphatic heterocycles. The quantitative estimate of drug-likeness (QED) is 0.593. The van der Waals surface area contributed by atoms with Gasteiger partial charge in [0.05, 0.1) is 25.0 Å². The second kappa shape index (κ2) is 9.96. The molecule has 0 unspecified atom stereocenters. The van der Waals surface area contributed by atoms with Crippen LogP contribution in [0.3, 0.4) is 0 Å². The summed E-state index contributed by atoms with van der Waals surface area (Å²) in [6.07, 6.45) is 2.29. The third kappa shape index (κ3) is 5.25. The number of amides is 1. The van der Waals surface area contributed by atoms with Crippen LogP contribution in [0.2, 0.25) is 0 Å². The van der Waals surface area contributed by atoms with Crippen LogP contribution in [0.25, 0.3) is 11.1 Å². The van der Waals surface area contributed by atoms with Gasteiger partial charge in [-0.1, -0.05) is 25.0 Å². The maximum atomic E-state index is 13.0. The summed E-state index contributed by atoms with van der Waals surface area (Å²) in [5, 5.41) is 14.5. The van der Waals surface area contributed by atoms with Crippen LogP contribution in [0.15, 0.2) is 29.6 Å². The lowest BCUT2D eigenvalue weighted by atomic mass is 9.79. The Kier molecular flexibility index (Phi) is 7.33. The molecular formula is C23H27NO6S. The molecule has 31 heavy (non-hydrogen) atoms. The lowest BCUT2D eigenvalue weighted by molar-refractivity contribution is -0.147. The van der Waals surface area contributed by atoms with Gasteiger partial charge in [-0.25, -0.2) is 4.79 Å². The number of hydrogen-bond acceptors (Lipinski definition) is 6. The summed E-state index contributed by atoms with van der Waals surface area (Å²) >= 11 is 1.23. The monoisotopic (exact) mass is 445 g/mol. The van der Waals surface area contributed by atoms with Gasteiger partial charge in [-0.15, -0.1) is 11.3 Å². The van der Waals surface area contributed by atoms with E-state index in [-0.39, 0.29) is 17.6 Å². The topological polar surface area (TPSA) is 102 Å². The van der Waals surface area contributed by atoms with E-state index in [4.69, 9.17) is 9.47 Å². The Labute approximate surface area is 185 Å². The zero-order valence-corrected chi connectivity index (χ0v) is 18.7. The van der Waals surface area contributed by atoms with Crippen molar-refractivity contribution < 1.29 is 29.0 Å². The molecule has 1 heterocycles. The number of carbonyl (C=O) groups excluding carboxylic acids is 2. The van der Waals surface area contributed by atoms with E-state index in [2.05, 4.69) is 5.32 Å². The molecule has 1 aliphatic rings. The van der Waals surface area contributed by atoms with Crippen molar-refractivity contribution >= 4 is 34.2 Å². The molecule has 1 amide bonds. The highest BCUT2D eigenvalue weighted by molar-refractivity contribution is 7.15. The third-order valence-electron chi connectivity index (χ3n) is 5.40. The molecule has 1 saturated carbocycles. The molecule has 1 fully saturated rings. The molecule has 1 aliphatic carbocycles. The van der Waals surface area contributed by atoms with Crippen molar-refractivity contribution in [2.45, 2.75) is 45.6 Å². The predicted octanol–water partition coefficient (Wildman–Crippen LogP) is 4.82. The summed E-state index contributed by atoms with van der Waals surface area (Å²) in [5.41, 5.74) is 1.71.